The zero-order valence-corrected chi connectivity index (χ0v) is 10.4. The van der Waals surface area contributed by atoms with Crippen LogP contribution in [0.15, 0.2) is 18.2 Å². The molecule has 1 atom stereocenters. The highest BCUT2D eigenvalue weighted by molar-refractivity contribution is 9.09. The molecule has 0 amide bonds. The Balaban J connectivity index is 2.73. The van der Waals surface area contributed by atoms with Crippen LogP contribution in [0.25, 0.3) is 0 Å². The summed E-state index contributed by atoms with van der Waals surface area (Å²) in [6.45, 7) is 6.16. The van der Waals surface area contributed by atoms with Crippen LogP contribution < -0.4 is 0 Å². The highest BCUT2D eigenvalue weighted by Crippen LogP contribution is 2.19. The van der Waals surface area contributed by atoms with Crippen molar-refractivity contribution < 1.29 is 4.39 Å². The first-order valence-electron chi connectivity index (χ1n) is 4.90. The predicted molar refractivity (Wildman–Crippen MR) is 62.4 cm³/mol. The minimum Gasteiger partial charge on any atom is -0.207 e. The molecule has 78 valence electrons. The SMILES string of the molecule is Cc1cc(CC(Br)C(C)C)ccc1F. The Labute approximate surface area is 93.7 Å². The van der Waals surface area contributed by atoms with E-state index in [0.717, 1.165) is 12.0 Å². The highest BCUT2D eigenvalue weighted by Gasteiger charge is 2.10. The molecular formula is C12H16BrF. The van der Waals surface area contributed by atoms with E-state index in [2.05, 4.69) is 29.8 Å². The van der Waals surface area contributed by atoms with Crippen LogP contribution >= 0.6 is 15.9 Å². The number of aryl methyl sites for hydroxylation is 1. The van der Waals surface area contributed by atoms with Crippen molar-refractivity contribution in [2.75, 3.05) is 0 Å². The van der Waals surface area contributed by atoms with Gasteiger partial charge in [-0.05, 0) is 36.5 Å². The number of hydrogen-bond acceptors (Lipinski definition) is 0. The van der Waals surface area contributed by atoms with Crippen molar-refractivity contribution in [3.8, 4) is 0 Å². The van der Waals surface area contributed by atoms with E-state index in [1.165, 1.54) is 5.56 Å². The number of benzene rings is 1. The second-order valence-corrected chi connectivity index (χ2v) is 5.22. The van der Waals surface area contributed by atoms with E-state index in [-0.39, 0.29) is 5.82 Å². The second kappa shape index (κ2) is 4.92. The molecule has 1 aromatic carbocycles. The molecule has 0 aliphatic heterocycles. The Morgan fingerprint density at radius 1 is 1.36 bits per heavy atom. The molecule has 0 aromatic heterocycles. The second-order valence-electron chi connectivity index (χ2n) is 4.05. The van der Waals surface area contributed by atoms with Gasteiger partial charge in [0.15, 0.2) is 0 Å². The number of halogens is 2. The quantitative estimate of drug-likeness (QED) is 0.717. The summed E-state index contributed by atoms with van der Waals surface area (Å²) in [5.41, 5.74) is 1.92. The molecule has 0 heterocycles. The first-order chi connectivity index (χ1) is 6.50. The molecule has 0 saturated heterocycles. The normalized spacial score (nSPS) is 13.3. The molecule has 1 rings (SSSR count). The largest absolute Gasteiger partial charge is 0.207 e. The van der Waals surface area contributed by atoms with Gasteiger partial charge in [-0.2, -0.15) is 0 Å². The van der Waals surface area contributed by atoms with Gasteiger partial charge >= 0.3 is 0 Å². The first-order valence-corrected chi connectivity index (χ1v) is 5.81. The van der Waals surface area contributed by atoms with Crippen LogP contribution in [0.1, 0.15) is 25.0 Å². The van der Waals surface area contributed by atoms with Gasteiger partial charge in [0.2, 0.25) is 0 Å². The lowest BCUT2D eigenvalue weighted by Gasteiger charge is -2.13. The van der Waals surface area contributed by atoms with Crippen molar-refractivity contribution in [2.45, 2.75) is 32.0 Å². The van der Waals surface area contributed by atoms with E-state index < -0.39 is 0 Å². The summed E-state index contributed by atoms with van der Waals surface area (Å²) in [6, 6.07) is 5.33. The molecule has 0 saturated carbocycles. The van der Waals surface area contributed by atoms with Gasteiger partial charge in [-0.3, -0.25) is 0 Å². The van der Waals surface area contributed by atoms with Gasteiger partial charge in [0, 0.05) is 4.83 Å². The van der Waals surface area contributed by atoms with Crippen LogP contribution in [0.2, 0.25) is 0 Å². The molecule has 0 aliphatic carbocycles. The minimum atomic E-state index is -0.121. The molecule has 0 spiro atoms. The summed E-state index contributed by atoms with van der Waals surface area (Å²) in [6.07, 6.45) is 0.957. The molecule has 0 bridgehead atoms. The van der Waals surface area contributed by atoms with Gasteiger partial charge in [-0.15, -0.1) is 0 Å². The zero-order valence-electron chi connectivity index (χ0n) is 8.85. The fourth-order valence-electron chi connectivity index (χ4n) is 1.29. The molecule has 14 heavy (non-hydrogen) atoms. The lowest BCUT2D eigenvalue weighted by Crippen LogP contribution is -2.10. The lowest BCUT2D eigenvalue weighted by atomic mass is 10.0. The van der Waals surface area contributed by atoms with Crippen molar-refractivity contribution in [1.29, 1.82) is 0 Å². The summed E-state index contributed by atoms with van der Waals surface area (Å²) < 4.78 is 13.0. The average Bonchev–Trinajstić information content (AvgIpc) is 2.11. The number of rotatable bonds is 3. The standard InChI is InChI=1S/C12H16BrF/c1-8(2)11(13)7-10-4-5-12(14)9(3)6-10/h4-6,8,11H,7H2,1-3H3. The van der Waals surface area contributed by atoms with Crippen LogP contribution in [0, 0.1) is 18.7 Å². The molecule has 0 fully saturated rings. The van der Waals surface area contributed by atoms with Crippen LogP contribution in [0.4, 0.5) is 4.39 Å². The molecule has 0 nitrogen and oxygen atoms in total. The lowest BCUT2D eigenvalue weighted by molar-refractivity contribution is 0.605. The third-order valence-electron chi connectivity index (χ3n) is 2.38. The maximum atomic E-state index is 13.0. The Bertz CT molecular complexity index is 307. The van der Waals surface area contributed by atoms with Gasteiger partial charge in [0.1, 0.15) is 5.82 Å². The summed E-state index contributed by atoms with van der Waals surface area (Å²) >= 11 is 3.63. The third-order valence-corrected chi connectivity index (χ3v) is 3.76. The van der Waals surface area contributed by atoms with Gasteiger partial charge in [0.05, 0.1) is 0 Å². The van der Waals surface area contributed by atoms with Crippen molar-refractivity contribution in [3.63, 3.8) is 0 Å². The fourth-order valence-corrected chi connectivity index (χ4v) is 1.67. The van der Waals surface area contributed by atoms with Crippen molar-refractivity contribution in [2.24, 2.45) is 5.92 Å². The molecule has 0 N–H and O–H groups in total. The fraction of sp³-hybridized carbons (Fsp3) is 0.500. The maximum Gasteiger partial charge on any atom is 0.126 e. The van der Waals surface area contributed by atoms with Gasteiger partial charge in [0.25, 0.3) is 0 Å². The average molecular weight is 259 g/mol. The van der Waals surface area contributed by atoms with Crippen molar-refractivity contribution in [3.05, 3.63) is 35.1 Å². The molecule has 0 radical (unpaired) electrons. The maximum absolute atomic E-state index is 13.0. The van der Waals surface area contributed by atoms with E-state index in [1.807, 2.05) is 12.1 Å². The van der Waals surface area contributed by atoms with Crippen molar-refractivity contribution in [1.82, 2.24) is 0 Å². The van der Waals surface area contributed by atoms with Crippen LogP contribution in [-0.4, -0.2) is 4.83 Å². The van der Waals surface area contributed by atoms with Gasteiger partial charge < -0.3 is 0 Å². The van der Waals surface area contributed by atoms with E-state index >= 15 is 0 Å². The van der Waals surface area contributed by atoms with Gasteiger partial charge in [-0.1, -0.05) is 41.9 Å². The summed E-state index contributed by atoms with van der Waals surface area (Å²) in [5, 5.41) is 0. The van der Waals surface area contributed by atoms with Crippen LogP contribution in [-0.2, 0) is 6.42 Å². The van der Waals surface area contributed by atoms with Gasteiger partial charge in [-0.25, -0.2) is 4.39 Å². The Hall–Kier alpha value is -0.370. The number of hydrogen-bond donors (Lipinski definition) is 0. The molecule has 1 aromatic rings. The van der Waals surface area contributed by atoms with Crippen molar-refractivity contribution >= 4 is 15.9 Å². The van der Waals surface area contributed by atoms with E-state index in [4.69, 9.17) is 0 Å². The Kier molecular flexibility index (Phi) is 4.11. The zero-order chi connectivity index (χ0) is 10.7. The summed E-state index contributed by atoms with van der Waals surface area (Å²) in [7, 11) is 0. The Morgan fingerprint density at radius 2 is 2.00 bits per heavy atom. The smallest absolute Gasteiger partial charge is 0.126 e. The molecule has 1 unspecified atom stereocenters. The van der Waals surface area contributed by atoms with Crippen LogP contribution in [0.3, 0.4) is 0 Å². The number of alkyl halides is 1. The van der Waals surface area contributed by atoms with E-state index in [0.29, 0.717) is 10.7 Å². The molecule has 2 heteroatoms. The highest BCUT2D eigenvalue weighted by atomic mass is 79.9. The topological polar surface area (TPSA) is 0 Å². The third kappa shape index (κ3) is 3.09. The first kappa shape index (κ1) is 11.7. The predicted octanol–water partition coefficient (Wildman–Crippen LogP) is 4.10. The van der Waals surface area contributed by atoms with E-state index in [9.17, 15) is 4.39 Å². The van der Waals surface area contributed by atoms with Crippen LogP contribution in [0.5, 0.6) is 0 Å². The summed E-state index contributed by atoms with van der Waals surface area (Å²) in [4.78, 5) is 0.465. The minimum absolute atomic E-state index is 0.121. The molecule has 0 aliphatic rings. The Morgan fingerprint density at radius 3 is 2.50 bits per heavy atom. The monoisotopic (exact) mass is 258 g/mol. The molecular weight excluding hydrogens is 243 g/mol. The summed E-state index contributed by atoms with van der Waals surface area (Å²) in [5.74, 6) is 0.477. The van der Waals surface area contributed by atoms with E-state index in [1.54, 1.807) is 13.0 Å².